The molecule has 0 radical (unpaired) electrons. The lowest BCUT2D eigenvalue weighted by Gasteiger charge is -2.13. The average Bonchev–Trinajstić information content (AvgIpc) is 2.78. The molecule has 0 spiro atoms. The van der Waals surface area contributed by atoms with Crippen LogP contribution in [0.2, 0.25) is 0 Å². The highest BCUT2D eigenvalue weighted by molar-refractivity contribution is 4.88. The Morgan fingerprint density at radius 3 is 2.64 bits per heavy atom. The molecule has 1 aromatic heterocycles. The molecule has 1 saturated heterocycles. The highest BCUT2D eigenvalue weighted by atomic mass is 16.6. The van der Waals surface area contributed by atoms with Crippen molar-refractivity contribution >= 4 is 0 Å². The summed E-state index contributed by atoms with van der Waals surface area (Å²) in [6.07, 6.45) is -1.10. The van der Waals surface area contributed by atoms with Gasteiger partial charge in [0.05, 0.1) is 6.61 Å². The Hall–Kier alpha value is -1.02. The standard InChI is InChI=1S/C7H11N3O4/c11-1-4-5(12)6(13)7(14-4)10-3-8-2-9-10/h2-7,11-13H,1H2/t4-,5-,6-,7-/m0/s1. The van der Waals surface area contributed by atoms with Crippen LogP contribution in [0, 0.1) is 0 Å². The first kappa shape index (κ1) is 9.53. The van der Waals surface area contributed by atoms with Crippen LogP contribution in [-0.4, -0.2) is 55.0 Å². The molecule has 3 N–H and O–H groups in total. The molecule has 0 amide bonds. The topological polar surface area (TPSA) is 101 Å². The summed E-state index contributed by atoms with van der Waals surface area (Å²) in [6.45, 7) is -0.344. The maximum Gasteiger partial charge on any atom is 0.180 e. The first-order valence-electron chi connectivity index (χ1n) is 4.20. The molecule has 0 aromatic carbocycles. The number of aliphatic hydroxyl groups is 3. The third-order valence-corrected chi connectivity index (χ3v) is 2.21. The summed E-state index contributed by atoms with van der Waals surface area (Å²) < 4.78 is 6.49. The van der Waals surface area contributed by atoms with Gasteiger partial charge in [0.25, 0.3) is 0 Å². The van der Waals surface area contributed by atoms with Crippen LogP contribution in [0.3, 0.4) is 0 Å². The van der Waals surface area contributed by atoms with E-state index in [1.807, 2.05) is 0 Å². The summed E-state index contributed by atoms with van der Waals surface area (Å²) in [6, 6.07) is 0. The lowest BCUT2D eigenvalue weighted by Crippen LogP contribution is -2.33. The minimum absolute atomic E-state index is 0.344. The molecular weight excluding hydrogens is 190 g/mol. The largest absolute Gasteiger partial charge is 0.394 e. The van der Waals surface area contributed by atoms with Crippen molar-refractivity contribution in [2.75, 3.05) is 6.61 Å². The van der Waals surface area contributed by atoms with Gasteiger partial charge in [0.15, 0.2) is 6.23 Å². The zero-order valence-corrected chi connectivity index (χ0v) is 7.26. The second-order valence-corrected chi connectivity index (χ2v) is 3.10. The highest BCUT2D eigenvalue weighted by Crippen LogP contribution is 2.27. The van der Waals surface area contributed by atoms with Crippen LogP contribution in [-0.2, 0) is 4.74 Å². The Morgan fingerprint density at radius 1 is 1.36 bits per heavy atom. The van der Waals surface area contributed by atoms with E-state index in [0.717, 1.165) is 0 Å². The molecule has 1 aliphatic rings. The van der Waals surface area contributed by atoms with Crippen LogP contribution in [0.5, 0.6) is 0 Å². The quantitative estimate of drug-likeness (QED) is 0.506. The summed E-state index contributed by atoms with van der Waals surface area (Å²) in [4.78, 5) is 3.69. The zero-order valence-electron chi connectivity index (χ0n) is 7.26. The fourth-order valence-electron chi connectivity index (χ4n) is 1.45. The number of aromatic nitrogens is 3. The van der Waals surface area contributed by atoms with Gasteiger partial charge in [0, 0.05) is 0 Å². The molecule has 7 nitrogen and oxygen atoms in total. The summed E-state index contributed by atoms with van der Waals surface area (Å²) in [7, 11) is 0. The number of hydrogen-bond acceptors (Lipinski definition) is 6. The Labute approximate surface area is 79.6 Å². The molecule has 0 saturated carbocycles. The first-order valence-corrected chi connectivity index (χ1v) is 4.20. The molecule has 0 aliphatic carbocycles. The lowest BCUT2D eigenvalue weighted by molar-refractivity contribution is -0.0587. The Morgan fingerprint density at radius 2 is 2.14 bits per heavy atom. The first-order chi connectivity index (χ1) is 6.74. The molecule has 4 atom stereocenters. The minimum Gasteiger partial charge on any atom is -0.394 e. The molecule has 1 fully saturated rings. The van der Waals surface area contributed by atoms with Crippen LogP contribution in [0.4, 0.5) is 0 Å². The monoisotopic (exact) mass is 201 g/mol. The van der Waals surface area contributed by atoms with Gasteiger partial charge in [-0.05, 0) is 0 Å². The minimum atomic E-state index is -1.10. The summed E-state index contributed by atoms with van der Waals surface area (Å²) >= 11 is 0. The third-order valence-electron chi connectivity index (χ3n) is 2.21. The molecule has 14 heavy (non-hydrogen) atoms. The molecule has 0 unspecified atom stereocenters. The van der Waals surface area contributed by atoms with Crippen LogP contribution in [0.15, 0.2) is 12.7 Å². The van der Waals surface area contributed by atoms with E-state index in [4.69, 9.17) is 9.84 Å². The predicted octanol–water partition coefficient (Wildman–Crippen LogP) is -2.11. The van der Waals surface area contributed by atoms with E-state index in [9.17, 15) is 10.2 Å². The molecule has 0 bridgehead atoms. The van der Waals surface area contributed by atoms with Crippen molar-refractivity contribution in [3.05, 3.63) is 12.7 Å². The van der Waals surface area contributed by atoms with E-state index < -0.39 is 24.5 Å². The molecule has 1 aromatic rings. The van der Waals surface area contributed by atoms with Crippen molar-refractivity contribution in [3.8, 4) is 0 Å². The van der Waals surface area contributed by atoms with Crippen molar-refractivity contribution in [2.24, 2.45) is 0 Å². The molecule has 2 heterocycles. The maximum atomic E-state index is 9.56. The number of rotatable bonds is 2. The van der Waals surface area contributed by atoms with Crippen molar-refractivity contribution in [3.63, 3.8) is 0 Å². The molecular formula is C7H11N3O4. The molecule has 2 rings (SSSR count). The van der Waals surface area contributed by atoms with Gasteiger partial charge in [0.2, 0.25) is 0 Å². The van der Waals surface area contributed by atoms with Crippen molar-refractivity contribution in [1.29, 1.82) is 0 Å². The molecule has 1 aliphatic heterocycles. The van der Waals surface area contributed by atoms with Crippen LogP contribution < -0.4 is 0 Å². The van der Waals surface area contributed by atoms with Gasteiger partial charge >= 0.3 is 0 Å². The van der Waals surface area contributed by atoms with Gasteiger partial charge < -0.3 is 20.1 Å². The number of hydrogen-bond donors (Lipinski definition) is 3. The van der Waals surface area contributed by atoms with Crippen molar-refractivity contribution in [2.45, 2.75) is 24.5 Å². The fourth-order valence-corrected chi connectivity index (χ4v) is 1.45. The van der Waals surface area contributed by atoms with Crippen LogP contribution >= 0.6 is 0 Å². The van der Waals surface area contributed by atoms with Gasteiger partial charge in [-0.1, -0.05) is 0 Å². The summed E-state index contributed by atoms with van der Waals surface area (Å²) in [5.41, 5.74) is 0. The van der Waals surface area contributed by atoms with E-state index in [0.29, 0.717) is 0 Å². The van der Waals surface area contributed by atoms with Crippen LogP contribution in [0.25, 0.3) is 0 Å². The van der Waals surface area contributed by atoms with E-state index in [1.54, 1.807) is 0 Å². The fraction of sp³-hybridized carbons (Fsp3) is 0.714. The maximum absolute atomic E-state index is 9.56. The summed E-state index contributed by atoms with van der Waals surface area (Å²) in [5.74, 6) is 0. The average molecular weight is 201 g/mol. The Kier molecular flexibility index (Phi) is 2.46. The second kappa shape index (κ2) is 3.62. The third kappa shape index (κ3) is 1.40. The van der Waals surface area contributed by atoms with Gasteiger partial charge in [-0.3, -0.25) is 0 Å². The number of aliphatic hydroxyl groups excluding tert-OH is 3. The van der Waals surface area contributed by atoms with E-state index >= 15 is 0 Å². The zero-order chi connectivity index (χ0) is 10.1. The summed E-state index contributed by atoms with van der Waals surface area (Å²) in [5, 5.41) is 31.6. The van der Waals surface area contributed by atoms with Crippen molar-refractivity contribution < 1.29 is 20.1 Å². The van der Waals surface area contributed by atoms with Crippen molar-refractivity contribution in [1.82, 2.24) is 14.8 Å². The van der Waals surface area contributed by atoms with Crippen LogP contribution in [0.1, 0.15) is 6.23 Å². The second-order valence-electron chi connectivity index (χ2n) is 3.10. The van der Waals surface area contributed by atoms with Gasteiger partial charge in [-0.25, -0.2) is 9.67 Å². The highest BCUT2D eigenvalue weighted by Gasteiger charge is 2.43. The molecule has 78 valence electrons. The SMILES string of the molecule is OC[C@@H]1O[C@H](n2cncn2)[C@@H](O)[C@H]1O. The van der Waals surface area contributed by atoms with E-state index in [2.05, 4.69) is 10.1 Å². The Bertz CT molecular complexity index is 291. The smallest absolute Gasteiger partial charge is 0.180 e. The number of ether oxygens (including phenoxy) is 1. The lowest BCUT2D eigenvalue weighted by atomic mass is 10.1. The number of nitrogens with zero attached hydrogens (tertiary/aromatic N) is 3. The van der Waals surface area contributed by atoms with E-state index in [1.165, 1.54) is 17.3 Å². The van der Waals surface area contributed by atoms with Gasteiger partial charge in [0.1, 0.15) is 31.0 Å². The predicted molar refractivity (Wildman–Crippen MR) is 43.0 cm³/mol. The molecule has 7 heteroatoms. The normalized spacial score (nSPS) is 37.6. The van der Waals surface area contributed by atoms with Gasteiger partial charge in [-0.15, -0.1) is 0 Å². The Balaban J connectivity index is 2.16. The van der Waals surface area contributed by atoms with Gasteiger partial charge in [-0.2, -0.15) is 5.10 Å². The van der Waals surface area contributed by atoms with E-state index in [-0.39, 0.29) is 6.61 Å².